The van der Waals surface area contributed by atoms with Crippen LogP contribution in [0.3, 0.4) is 0 Å². The molecule has 16 heavy (non-hydrogen) atoms. The van der Waals surface area contributed by atoms with E-state index in [1.54, 1.807) is 6.08 Å². The Morgan fingerprint density at radius 1 is 1.19 bits per heavy atom. The van der Waals surface area contributed by atoms with Gasteiger partial charge in [0, 0.05) is 0 Å². The molecule has 0 saturated heterocycles. The second kappa shape index (κ2) is 6.29. The Morgan fingerprint density at radius 2 is 1.75 bits per heavy atom. The van der Waals surface area contributed by atoms with Crippen molar-refractivity contribution in [1.82, 2.24) is 0 Å². The molecule has 0 aromatic rings. The van der Waals surface area contributed by atoms with Gasteiger partial charge in [-0.25, -0.2) is 0 Å². The predicted octanol–water partition coefficient (Wildman–Crippen LogP) is 4.69. The van der Waals surface area contributed by atoms with Crippen LogP contribution in [0.25, 0.3) is 0 Å². The summed E-state index contributed by atoms with van der Waals surface area (Å²) in [6, 6.07) is 0. The van der Waals surface area contributed by atoms with Crippen molar-refractivity contribution < 1.29 is 0 Å². The molecule has 0 aliphatic rings. The van der Waals surface area contributed by atoms with Crippen molar-refractivity contribution in [3.05, 3.63) is 72.3 Å². The van der Waals surface area contributed by atoms with Gasteiger partial charge in [0.15, 0.2) is 0 Å². The first kappa shape index (κ1) is 14.7. The van der Waals surface area contributed by atoms with Crippen LogP contribution in [-0.4, -0.2) is 8.07 Å². The Labute approximate surface area is 101 Å². The fraction of sp³-hybridized carbons (Fsp3) is 0.200. The smallest absolute Gasteiger partial charge is 0.103 e. The quantitative estimate of drug-likeness (QED) is 0.459. The Kier molecular flexibility index (Phi) is 5.76. The highest BCUT2D eigenvalue weighted by Crippen LogP contribution is 2.30. The van der Waals surface area contributed by atoms with E-state index < -0.39 is 8.07 Å². The monoisotopic (exact) mass is 230 g/mol. The van der Waals surface area contributed by atoms with Crippen LogP contribution in [0.15, 0.2) is 72.3 Å². The lowest BCUT2D eigenvalue weighted by Crippen LogP contribution is -2.36. The molecule has 0 bridgehead atoms. The molecule has 0 heterocycles. The van der Waals surface area contributed by atoms with Gasteiger partial charge in [-0.05, 0) is 13.8 Å². The summed E-state index contributed by atoms with van der Waals surface area (Å²) in [5.74, 6) is 0. The first-order valence-electron chi connectivity index (χ1n) is 5.38. The molecule has 86 valence electrons. The lowest BCUT2D eigenvalue weighted by atomic mass is 10.5. The predicted molar refractivity (Wildman–Crippen MR) is 78.9 cm³/mol. The van der Waals surface area contributed by atoms with Gasteiger partial charge in [0.25, 0.3) is 0 Å². The van der Waals surface area contributed by atoms with Crippen molar-refractivity contribution >= 4 is 8.07 Å². The first-order valence-corrected chi connectivity index (χ1v) is 7.88. The van der Waals surface area contributed by atoms with E-state index in [1.165, 1.54) is 10.4 Å². The maximum Gasteiger partial charge on any atom is 0.139 e. The van der Waals surface area contributed by atoms with Gasteiger partial charge in [0.2, 0.25) is 0 Å². The zero-order chi connectivity index (χ0) is 12.8. The van der Waals surface area contributed by atoms with Crippen molar-refractivity contribution in [3.8, 4) is 0 Å². The Balaban J connectivity index is 5.52. The Hall–Kier alpha value is -1.34. The molecule has 0 aliphatic heterocycles. The molecule has 1 heteroatoms. The third-order valence-corrected chi connectivity index (χ3v) is 7.84. The molecule has 0 saturated carbocycles. The largest absolute Gasteiger partial charge is 0.139 e. The molecule has 0 amide bonds. The molecule has 0 aliphatic carbocycles. The van der Waals surface area contributed by atoms with Gasteiger partial charge < -0.3 is 0 Å². The van der Waals surface area contributed by atoms with Gasteiger partial charge in [-0.3, -0.25) is 0 Å². The summed E-state index contributed by atoms with van der Waals surface area (Å²) in [7, 11) is -1.88. The number of hydrogen-bond acceptors (Lipinski definition) is 0. The number of allylic oxidation sites excluding steroid dienone is 8. The molecule has 0 aromatic heterocycles. The van der Waals surface area contributed by atoms with E-state index >= 15 is 0 Å². The number of hydrogen-bond donors (Lipinski definition) is 0. The van der Waals surface area contributed by atoms with E-state index in [2.05, 4.69) is 45.9 Å². The van der Waals surface area contributed by atoms with Crippen LogP contribution in [0.1, 0.15) is 13.8 Å². The molecule has 0 spiro atoms. The van der Waals surface area contributed by atoms with E-state index in [9.17, 15) is 0 Å². The van der Waals surface area contributed by atoms with Gasteiger partial charge in [-0.1, -0.05) is 72.3 Å². The highest BCUT2D eigenvalue weighted by Gasteiger charge is 2.32. The molecule has 0 radical (unpaired) electrons. The van der Waals surface area contributed by atoms with Crippen LogP contribution >= 0.6 is 0 Å². The van der Waals surface area contributed by atoms with E-state index in [0.717, 1.165) is 5.20 Å². The molecule has 1 atom stereocenters. The fourth-order valence-electron chi connectivity index (χ4n) is 1.67. The van der Waals surface area contributed by atoms with Gasteiger partial charge in [0.05, 0.1) is 0 Å². The summed E-state index contributed by atoms with van der Waals surface area (Å²) in [6.45, 7) is 22.2. The van der Waals surface area contributed by atoms with E-state index in [1.807, 2.05) is 25.2 Å². The molecule has 0 fully saturated rings. The molecule has 0 nitrogen and oxygen atoms in total. The van der Waals surface area contributed by atoms with Gasteiger partial charge >= 0.3 is 0 Å². The highest BCUT2D eigenvalue weighted by atomic mass is 28.3. The topological polar surface area (TPSA) is 0 Å². The standard InChI is InChI=1S/C15H22Si/c1-8-11-12-14(6)16(7,13(4)5)15(9-2)10-3/h8-12H,1-2,4,6H2,3,5,7H3/b12-11-,15-10+. The molecule has 0 rings (SSSR count). The average Bonchev–Trinajstić information content (AvgIpc) is 2.26. The summed E-state index contributed by atoms with van der Waals surface area (Å²) in [5, 5.41) is 3.59. The minimum atomic E-state index is -1.88. The van der Waals surface area contributed by atoms with Crippen LogP contribution in [0, 0.1) is 0 Å². The Bertz CT molecular complexity index is 369. The first-order chi connectivity index (χ1) is 7.44. The molecular formula is C15H22Si. The van der Waals surface area contributed by atoms with Crippen molar-refractivity contribution in [3.63, 3.8) is 0 Å². The van der Waals surface area contributed by atoms with Crippen LogP contribution in [0.4, 0.5) is 0 Å². The van der Waals surface area contributed by atoms with Crippen molar-refractivity contribution in [2.45, 2.75) is 20.4 Å². The molecule has 0 N–H and O–H groups in total. The minimum absolute atomic E-state index is 1.13. The van der Waals surface area contributed by atoms with Crippen LogP contribution in [0.5, 0.6) is 0 Å². The van der Waals surface area contributed by atoms with Gasteiger partial charge in [0.1, 0.15) is 8.07 Å². The maximum absolute atomic E-state index is 4.18. The Morgan fingerprint density at radius 3 is 2.06 bits per heavy atom. The number of rotatable bonds is 6. The molecule has 0 aromatic carbocycles. The summed E-state index contributed by atoms with van der Waals surface area (Å²) in [4.78, 5) is 0. The minimum Gasteiger partial charge on any atom is -0.103 e. The lowest BCUT2D eigenvalue weighted by molar-refractivity contribution is 1.52. The van der Waals surface area contributed by atoms with E-state index in [4.69, 9.17) is 0 Å². The van der Waals surface area contributed by atoms with Gasteiger partial charge in [-0.2, -0.15) is 0 Å². The second-order valence-corrected chi connectivity index (χ2v) is 8.30. The van der Waals surface area contributed by atoms with Crippen LogP contribution in [0.2, 0.25) is 6.55 Å². The maximum atomic E-state index is 4.18. The normalized spacial score (nSPS) is 15.6. The third-order valence-electron chi connectivity index (χ3n) is 3.04. The van der Waals surface area contributed by atoms with E-state index in [0.29, 0.717) is 0 Å². The molecular weight excluding hydrogens is 208 g/mol. The average molecular weight is 230 g/mol. The van der Waals surface area contributed by atoms with Crippen molar-refractivity contribution in [2.24, 2.45) is 0 Å². The van der Waals surface area contributed by atoms with Crippen molar-refractivity contribution in [2.75, 3.05) is 0 Å². The SMILES string of the molecule is C=C/C=C\C(=C)[Si](C)(C(=C)C)/C(C=C)=C/C. The second-order valence-electron chi connectivity index (χ2n) is 3.97. The van der Waals surface area contributed by atoms with Crippen molar-refractivity contribution in [1.29, 1.82) is 0 Å². The summed E-state index contributed by atoms with van der Waals surface area (Å²) in [5.41, 5.74) is 0. The zero-order valence-corrected chi connectivity index (χ0v) is 11.7. The summed E-state index contributed by atoms with van der Waals surface area (Å²) in [6.07, 6.45) is 9.75. The van der Waals surface area contributed by atoms with E-state index in [-0.39, 0.29) is 0 Å². The lowest BCUT2D eigenvalue weighted by Gasteiger charge is -2.30. The molecule has 1 unspecified atom stereocenters. The summed E-state index contributed by atoms with van der Waals surface area (Å²) < 4.78 is 0. The highest BCUT2D eigenvalue weighted by molar-refractivity contribution is 6.98. The van der Waals surface area contributed by atoms with Crippen LogP contribution < -0.4 is 0 Å². The zero-order valence-electron chi connectivity index (χ0n) is 10.7. The van der Waals surface area contributed by atoms with Crippen LogP contribution in [-0.2, 0) is 0 Å². The fourth-order valence-corrected chi connectivity index (χ4v) is 4.49. The third kappa shape index (κ3) is 2.83. The summed E-state index contributed by atoms with van der Waals surface area (Å²) >= 11 is 0. The van der Waals surface area contributed by atoms with Gasteiger partial charge in [-0.15, -0.1) is 6.58 Å².